The van der Waals surface area contributed by atoms with Gasteiger partial charge in [-0.3, -0.25) is 0 Å². The van der Waals surface area contributed by atoms with Gasteiger partial charge in [0.1, 0.15) is 0 Å². The molecule has 0 aromatic rings. The van der Waals surface area contributed by atoms with Crippen LogP contribution in [0.1, 0.15) is 78.6 Å². The average Bonchev–Trinajstić information content (AvgIpc) is 2.26. The van der Waals surface area contributed by atoms with Crippen LogP contribution in [0, 0.1) is 11.8 Å². The van der Waals surface area contributed by atoms with Crippen LogP contribution in [0.4, 0.5) is 0 Å². The van der Waals surface area contributed by atoms with Crippen LogP contribution in [-0.2, 0) is 0 Å². The summed E-state index contributed by atoms with van der Waals surface area (Å²) in [6.07, 6.45) is 12.7. The van der Waals surface area contributed by atoms with Crippen LogP contribution in [0.2, 0.25) is 0 Å². The summed E-state index contributed by atoms with van der Waals surface area (Å²) in [4.78, 5) is 0. The Labute approximate surface area is 103 Å². The zero-order chi connectivity index (χ0) is 12.2. The molecule has 1 atom stereocenters. The minimum Gasteiger partial charge on any atom is -0.330 e. The van der Waals surface area contributed by atoms with Crippen molar-refractivity contribution >= 4 is 0 Å². The van der Waals surface area contributed by atoms with E-state index in [0.29, 0.717) is 0 Å². The summed E-state index contributed by atoms with van der Waals surface area (Å²) in [5.41, 5.74) is 5.77. The van der Waals surface area contributed by atoms with Gasteiger partial charge in [0.2, 0.25) is 0 Å². The molecular weight excluding hydrogens is 194 g/mol. The smallest absolute Gasteiger partial charge is 0.00464 e. The Bertz CT molecular complexity index is 131. The molecule has 0 bridgehead atoms. The lowest BCUT2D eigenvalue weighted by Crippen LogP contribution is -2.19. The van der Waals surface area contributed by atoms with Crippen LogP contribution >= 0.6 is 0 Å². The van der Waals surface area contributed by atoms with E-state index < -0.39 is 0 Å². The quantitative estimate of drug-likeness (QED) is 0.507. The van der Waals surface area contributed by atoms with Gasteiger partial charge in [-0.2, -0.15) is 0 Å². The van der Waals surface area contributed by atoms with Gasteiger partial charge < -0.3 is 5.73 Å². The number of rotatable bonds is 11. The molecular formula is C15H33N. The number of hydrogen-bond acceptors (Lipinski definition) is 1. The summed E-state index contributed by atoms with van der Waals surface area (Å²) >= 11 is 0. The normalized spacial score (nSPS) is 13.3. The Hall–Kier alpha value is -0.0400. The highest BCUT2D eigenvalue weighted by Crippen LogP contribution is 2.18. The number of hydrogen-bond donors (Lipinski definition) is 1. The Morgan fingerprint density at radius 3 is 1.75 bits per heavy atom. The molecule has 0 heterocycles. The van der Waals surface area contributed by atoms with E-state index in [-0.39, 0.29) is 0 Å². The van der Waals surface area contributed by atoms with E-state index in [4.69, 9.17) is 5.73 Å². The number of unbranched alkanes of at least 4 members (excludes halogenated alkanes) is 7. The Morgan fingerprint density at radius 1 is 0.812 bits per heavy atom. The molecule has 0 aromatic carbocycles. The van der Waals surface area contributed by atoms with E-state index in [2.05, 4.69) is 20.8 Å². The first-order valence-corrected chi connectivity index (χ1v) is 7.42. The minimum atomic E-state index is 0.750. The van der Waals surface area contributed by atoms with Crippen LogP contribution in [0.3, 0.4) is 0 Å². The molecule has 0 fully saturated rings. The fourth-order valence-corrected chi connectivity index (χ4v) is 2.26. The SMILES string of the molecule is CCCCCCCCCCC(CN)C(C)C. The molecule has 0 aromatic heterocycles. The molecule has 0 aliphatic heterocycles. The molecule has 0 saturated carbocycles. The van der Waals surface area contributed by atoms with Crippen molar-refractivity contribution in [3.8, 4) is 0 Å². The molecule has 2 N–H and O–H groups in total. The highest BCUT2D eigenvalue weighted by atomic mass is 14.5. The highest BCUT2D eigenvalue weighted by Gasteiger charge is 2.10. The van der Waals surface area contributed by atoms with Crippen LogP contribution < -0.4 is 5.73 Å². The second-order valence-corrected chi connectivity index (χ2v) is 5.50. The van der Waals surface area contributed by atoms with Crippen LogP contribution in [0.25, 0.3) is 0 Å². The summed E-state index contributed by atoms with van der Waals surface area (Å²) in [5, 5.41) is 0. The van der Waals surface area contributed by atoms with Gasteiger partial charge in [0.15, 0.2) is 0 Å². The van der Waals surface area contributed by atoms with E-state index in [1.807, 2.05) is 0 Å². The molecule has 98 valence electrons. The molecule has 0 aliphatic rings. The van der Waals surface area contributed by atoms with E-state index in [0.717, 1.165) is 18.4 Å². The van der Waals surface area contributed by atoms with Crippen LogP contribution in [0.15, 0.2) is 0 Å². The zero-order valence-electron chi connectivity index (χ0n) is 11.8. The van der Waals surface area contributed by atoms with Gasteiger partial charge in [-0.05, 0) is 24.8 Å². The van der Waals surface area contributed by atoms with Crippen LogP contribution in [-0.4, -0.2) is 6.54 Å². The molecule has 1 unspecified atom stereocenters. The lowest BCUT2D eigenvalue weighted by molar-refractivity contribution is 0.353. The summed E-state index contributed by atoms with van der Waals surface area (Å²) in [6.45, 7) is 7.73. The summed E-state index contributed by atoms with van der Waals surface area (Å²) < 4.78 is 0. The van der Waals surface area contributed by atoms with E-state index in [9.17, 15) is 0 Å². The Kier molecular flexibility index (Phi) is 11.4. The van der Waals surface area contributed by atoms with Crippen molar-refractivity contribution in [1.82, 2.24) is 0 Å². The molecule has 0 radical (unpaired) electrons. The predicted molar refractivity (Wildman–Crippen MR) is 74.6 cm³/mol. The Balaban J connectivity index is 3.19. The summed E-state index contributed by atoms with van der Waals surface area (Å²) in [5.74, 6) is 1.51. The lowest BCUT2D eigenvalue weighted by atomic mass is 9.90. The van der Waals surface area contributed by atoms with Gasteiger partial charge in [-0.15, -0.1) is 0 Å². The van der Waals surface area contributed by atoms with E-state index in [1.165, 1.54) is 57.8 Å². The molecule has 0 spiro atoms. The third-order valence-corrected chi connectivity index (χ3v) is 3.67. The molecule has 0 aliphatic carbocycles. The first kappa shape index (κ1) is 16.0. The maximum absolute atomic E-state index is 5.77. The third-order valence-electron chi connectivity index (χ3n) is 3.67. The van der Waals surface area contributed by atoms with Crippen molar-refractivity contribution in [3.63, 3.8) is 0 Å². The van der Waals surface area contributed by atoms with Gasteiger partial charge in [0.05, 0.1) is 0 Å². The van der Waals surface area contributed by atoms with Crippen molar-refractivity contribution in [3.05, 3.63) is 0 Å². The summed E-state index contributed by atoms with van der Waals surface area (Å²) in [6, 6.07) is 0. The van der Waals surface area contributed by atoms with Crippen LogP contribution in [0.5, 0.6) is 0 Å². The first-order valence-electron chi connectivity index (χ1n) is 7.42. The largest absolute Gasteiger partial charge is 0.330 e. The number of nitrogens with two attached hydrogens (primary N) is 1. The van der Waals surface area contributed by atoms with Gasteiger partial charge in [0.25, 0.3) is 0 Å². The topological polar surface area (TPSA) is 26.0 Å². The summed E-state index contributed by atoms with van der Waals surface area (Å²) in [7, 11) is 0. The molecule has 0 saturated heterocycles. The van der Waals surface area contributed by atoms with Crippen molar-refractivity contribution in [1.29, 1.82) is 0 Å². The average molecular weight is 227 g/mol. The molecule has 0 amide bonds. The monoisotopic (exact) mass is 227 g/mol. The fraction of sp³-hybridized carbons (Fsp3) is 1.00. The molecule has 16 heavy (non-hydrogen) atoms. The first-order chi connectivity index (χ1) is 7.72. The predicted octanol–water partition coefficient (Wildman–Crippen LogP) is 4.75. The fourth-order valence-electron chi connectivity index (χ4n) is 2.26. The lowest BCUT2D eigenvalue weighted by Gasteiger charge is -2.18. The van der Waals surface area contributed by atoms with Crippen molar-refractivity contribution in [2.75, 3.05) is 6.54 Å². The van der Waals surface area contributed by atoms with Gasteiger partial charge in [0, 0.05) is 0 Å². The second kappa shape index (κ2) is 11.4. The van der Waals surface area contributed by atoms with Crippen molar-refractivity contribution in [2.24, 2.45) is 17.6 Å². The van der Waals surface area contributed by atoms with Crippen molar-refractivity contribution in [2.45, 2.75) is 78.6 Å². The third kappa shape index (κ3) is 9.21. The molecule has 1 heteroatoms. The highest BCUT2D eigenvalue weighted by molar-refractivity contribution is 4.63. The maximum atomic E-state index is 5.77. The van der Waals surface area contributed by atoms with Crippen molar-refractivity contribution < 1.29 is 0 Å². The molecule has 1 nitrogen and oxygen atoms in total. The van der Waals surface area contributed by atoms with Gasteiger partial charge in [-0.25, -0.2) is 0 Å². The molecule has 0 rings (SSSR count). The van der Waals surface area contributed by atoms with Gasteiger partial charge in [-0.1, -0.05) is 72.1 Å². The minimum absolute atomic E-state index is 0.750. The van der Waals surface area contributed by atoms with Gasteiger partial charge >= 0.3 is 0 Å². The standard InChI is InChI=1S/C15H33N/c1-4-5-6-7-8-9-10-11-12-15(13-16)14(2)3/h14-15H,4-13,16H2,1-3H3. The zero-order valence-corrected chi connectivity index (χ0v) is 11.8. The van der Waals surface area contributed by atoms with E-state index >= 15 is 0 Å². The van der Waals surface area contributed by atoms with E-state index in [1.54, 1.807) is 0 Å². The Morgan fingerprint density at radius 2 is 1.31 bits per heavy atom. The maximum Gasteiger partial charge on any atom is -0.00464 e. The second-order valence-electron chi connectivity index (χ2n) is 5.50.